The number of hydrogen-bond acceptors (Lipinski definition) is 4. The average Bonchev–Trinajstić information content (AvgIpc) is 2.57. The van der Waals surface area contributed by atoms with Gasteiger partial charge in [0.25, 0.3) is 0 Å². The van der Waals surface area contributed by atoms with Gasteiger partial charge in [0.05, 0.1) is 5.75 Å². The standard InChI is InChI=1S/C18H20ClF2NO3S/c1-2-3-8-26(23,24)18-11-17(12(6-7-22)9-15(18)21)25-16-5-4-13(19)10-14(16)20/h4-5,9-11H,2-3,6-8,22H2,1H3. The molecule has 2 aromatic carbocycles. The summed E-state index contributed by atoms with van der Waals surface area (Å²) < 4.78 is 58.7. The second-order valence-electron chi connectivity index (χ2n) is 5.78. The van der Waals surface area contributed by atoms with Crippen LogP contribution < -0.4 is 10.5 Å². The zero-order valence-electron chi connectivity index (χ0n) is 14.3. The molecule has 4 nitrogen and oxygen atoms in total. The van der Waals surface area contributed by atoms with Crippen molar-refractivity contribution in [3.05, 3.63) is 52.6 Å². The van der Waals surface area contributed by atoms with E-state index in [1.165, 1.54) is 12.1 Å². The van der Waals surface area contributed by atoms with Crippen LogP contribution in [0, 0.1) is 11.6 Å². The summed E-state index contributed by atoms with van der Waals surface area (Å²) in [5, 5.41) is 0.193. The van der Waals surface area contributed by atoms with Crippen molar-refractivity contribution in [2.45, 2.75) is 31.1 Å². The van der Waals surface area contributed by atoms with Crippen molar-refractivity contribution in [1.29, 1.82) is 0 Å². The Morgan fingerprint density at radius 1 is 1.12 bits per heavy atom. The third-order valence-electron chi connectivity index (χ3n) is 3.74. The highest BCUT2D eigenvalue weighted by Crippen LogP contribution is 2.33. The monoisotopic (exact) mass is 403 g/mol. The lowest BCUT2D eigenvalue weighted by Crippen LogP contribution is -2.11. The lowest BCUT2D eigenvalue weighted by molar-refractivity contribution is 0.433. The molecule has 0 aliphatic carbocycles. The lowest BCUT2D eigenvalue weighted by Gasteiger charge is -2.14. The maximum absolute atomic E-state index is 14.4. The van der Waals surface area contributed by atoms with E-state index in [4.69, 9.17) is 22.1 Å². The molecule has 0 aliphatic heterocycles. The molecule has 26 heavy (non-hydrogen) atoms. The predicted molar refractivity (Wildman–Crippen MR) is 97.6 cm³/mol. The largest absolute Gasteiger partial charge is 0.454 e. The number of sulfone groups is 1. The lowest BCUT2D eigenvalue weighted by atomic mass is 10.1. The number of halogens is 3. The van der Waals surface area contributed by atoms with Crippen molar-refractivity contribution in [1.82, 2.24) is 0 Å². The molecule has 0 aliphatic rings. The molecule has 0 spiro atoms. The molecule has 0 amide bonds. The van der Waals surface area contributed by atoms with Crippen LogP contribution in [-0.4, -0.2) is 20.7 Å². The molecule has 0 aromatic heterocycles. The van der Waals surface area contributed by atoms with E-state index in [0.717, 1.165) is 18.2 Å². The molecular weight excluding hydrogens is 384 g/mol. The molecular formula is C18H20ClF2NO3S. The van der Waals surface area contributed by atoms with Crippen LogP contribution in [0.25, 0.3) is 0 Å². The third-order valence-corrected chi connectivity index (χ3v) is 5.79. The van der Waals surface area contributed by atoms with Crippen molar-refractivity contribution in [3.63, 3.8) is 0 Å². The van der Waals surface area contributed by atoms with Gasteiger partial charge in [0, 0.05) is 11.1 Å². The summed E-state index contributed by atoms with van der Waals surface area (Å²) in [6.07, 6.45) is 1.32. The Balaban J connectivity index is 2.50. The van der Waals surface area contributed by atoms with Crippen molar-refractivity contribution < 1.29 is 21.9 Å². The van der Waals surface area contributed by atoms with Crippen LogP contribution in [0.5, 0.6) is 11.5 Å². The van der Waals surface area contributed by atoms with Gasteiger partial charge in [0.15, 0.2) is 21.4 Å². The second-order valence-corrected chi connectivity index (χ2v) is 8.29. The molecule has 0 saturated carbocycles. The van der Waals surface area contributed by atoms with Crippen LogP contribution in [0.1, 0.15) is 25.3 Å². The van der Waals surface area contributed by atoms with Gasteiger partial charge < -0.3 is 10.5 Å². The van der Waals surface area contributed by atoms with Crippen molar-refractivity contribution in [3.8, 4) is 11.5 Å². The Morgan fingerprint density at radius 3 is 2.46 bits per heavy atom. The molecule has 0 heterocycles. The van der Waals surface area contributed by atoms with Crippen molar-refractivity contribution in [2.24, 2.45) is 5.73 Å². The second kappa shape index (κ2) is 8.79. The number of ether oxygens (including phenoxy) is 1. The van der Waals surface area contributed by atoms with Crippen LogP contribution in [0.15, 0.2) is 35.2 Å². The molecule has 0 bridgehead atoms. The summed E-state index contributed by atoms with van der Waals surface area (Å²) >= 11 is 5.71. The van der Waals surface area contributed by atoms with Gasteiger partial charge >= 0.3 is 0 Å². The number of nitrogens with two attached hydrogens (primary N) is 1. The van der Waals surface area contributed by atoms with Crippen LogP contribution in [0.2, 0.25) is 5.02 Å². The van der Waals surface area contributed by atoms with E-state index >= 15 is 0 Å². The Bertz CT molecular complexity index is 888. The quantitative estimate of drug-likeness (QED) is 0.705. The van der Waals surface area contributed by atoms with Gasteiger partial charge in [0.2, 0.25) is 0 Å². The highest BCUT2D eigenvalue weighted by Gasteiger charge is 2.22. The minimum absolute atomic E-state index is 0.0492. The fraction of sp³-hybridized carbons (Fsp3) is 0.333. The first-order valence-electron chi connectivity index (χ1n) is 8.16. The molecule has 0 fully saturated rings. The predicted octanol–water partition coefficient (Wildman–Crippen LogP) is 4.49. The summed E-state index contributed by atoms with van der Waals surface area (Å²) in [5.74, 6) is -1.85. The molecule has 142 valence electrons. The maximum Gasteiger partial charge on any atom is 0.181 e. The fourth-order valence-electron chi connectivity index (χ4n) is 2.38. The Morgan fingerprint density at radius 2 is 1.85 bits per heavy atom. The molecule has 0 radical (unpaired) electrons. The van der Waals surface area contributed by atoms with E-state index in [1.807, 2.05) is 6.92 Å². The minimum atomic E-state index is -3.82. The Labute approximate surface area is 156 Å². The van der Waals surface area contributed by atoms with Crippen molar-refractivity contribution in [2.75, 3.05) is 12.3 Å². The molecule has 8 heteroatoms. The van der Waals surface area contributed by atoms with E-state index in [0.29, 0.717) is 18.4 Å². The summed E-state index contributed by atoms with van der Waals surface area (Å²) in [7, 11) is -3.82. The fourth-order valence-corrected chi connectivity index (χ4v) is 4.07. The first-order valence-corrected chi connectivity index (χ1v) is 10.2. The number of hydrogen-bond donors (Lipinski definition) is 1. The summed E-state index contributed by atoms with van der Waals surface area (Å²) in [4.78, 5) is -0.462. The third kappa shape index (κ3) is 4.93. The van der Waals surface area contributed by atoms with E-state index in [9.17, 15) is 17.2 Å². The molecule has 2 N–H and O–H groups in total. The minimum Gasteiger partial charge on any atom is -0.454 e. The maximum atomic E-state index is 14.4. The number of unbranched alkanes of at least 4 members (excludes halogenated alkanes) is 1. The Kier molecular flexibility index (Phi) is 6.97. The zero-order chi connectivity index (χ0) is 19.3. The molecule has 2 rings (SSSR count). The van der Waals surface area contributed by atoms with E-state index in [-0.39, 0.29) is 35.2 Å². The summed E-state index contributed by atoms with van der Waals surface area (Å²) in [5.41, 5.74) is 5.88. The molecule has 2 aromatic rings. The molecule has 0 saturated heterocycles. The first kappa shape index (κ1) is 20.6. The molecule has 0 atom stereocenters. The van der Waals surface area contributed by atoms with Gasteiger partial charge in [-0.05, 0) is 49.2 Å². The topological polar surface area (TPSA) is 69.4 Å². The van der Waals surface area contributed by atoms with Crippen LogP contribution >= 0.6 is 11.6 Å². The van der Waals surface area contributed by atoms with Crippen LogP contribution in [-0.2, 0) is 16.3 Å². The first-order chi connectivity index (χ1) is 12.3. The van der Waals surface area contributed by atoms with Gasteiger partial charge in [-0.25, -0.2) is 17.2 Å². The van der Waals surface area contributed by atoms with Gasteiger partial charge in [-0.2, -0.15) is 0 Å². The van der Waals surface area contributed by atoms with Gasteiger partial charge in [-0.1, -0.05) is 24.9 Å². The smallest absolute Gasteiger partial charge is 0.181 e. The summed E-state index contributed by atoms with van der Waals surface area (Å²) in [6.45, 7) is 2.04. The van der Waals surface area contributed by atoms with Crippen LogP contribution in [0.3, 0.4) is 0 Å². The van der Waals surface area contributed by atoms with Crippen molar-refractivity contribution >= 4 is 21.4 Å². The average molecular weight is 404 g/mol. The SMILES string of the molecule is CCCCS(=O)(=O)c1cc(Oc2ccc(Cl)cc2F)c(CCN)cc1F. The Hall–Kier alpha value is -1.70. The normalized spacial score (nSPS) is 11.6. The highest BCUT2D eigenvalue weighted by molar-refractivity contribution is 7.91. The zero-order valence-corrected chi connectivity index (χ0v) is 15.8. The van der Waals surface area contributed by atoms with Gasteiger partial charge in [-0.15, -0.1) is 0 Å². The van der Waals surface area contributed by atoms with E-state index in [1.54, 1.807) is 0 Å². The number of benzene rings is 2. The highest BCUT2D eigenvalue weighted by atomic mass is 35.5. The van der Waals surface area contributed by atoms with E-state index in [2.05, 4.69) is 0 Å². The molecule has 0 unspecified atom stereocenters. The van der Waals surface area contributed by atoms with Gasteiger partial charge in [-0.3, -0.25) is 0 Å². The number of rotatable bonds is 8. The van der Waals surface area contributed by atoms with Gasteiger partial charge in [0.1, 0.15) is 16.5 Å². The van der Waals surface area contributed by atoms with E-state index < -0.39 is 26.4 Å². The summed E-state index contributed by atoms with van der Waals surface area (Å²) in [6, 6.07) is 6.00. The van der Waals surface area contributed by atoms with Crippen LogP contribution in [0.4, 0.5) is 8.78 Å².